The first-order valence-electron chi connectivity index (χ1n) is 5.94. The Balaban J connectivity index is 2.38. The normalized spacial score (nSPS) is 19.2. The molecule has 1 aromatic rings. The molecule has 1 aromatic carbocycles. The smallest absolute Gasteiger partial charge is 0.304 e. The van der Waals surface area contributed by atoms with Gasteiger partial charge in [0.2, 0.25) is 0 Å². The first-order valence-corrected chi connectivity index (χ1v) is 5.94. The van der Waals surface area contributed by atoms with E-state index in [0.29, 0.717) is 19.8 Å². The Kier molecular flexibility index (Phi) is 3.66. The van der Waals surface area contributed by atoms with E-state index in [9.17, 15) is 14.9 Å². The number of morpholine rings is 1. The van der Waals surface area contributed by atoms with Gasteiger partial charge in [-0.2, -0.15) is 0 Å². The van der Waals surface area contributed by atoms with Gasteiger partial charge >= 0.3 is 5.69 Å². The van der Waals surface area contributed by atoms with Crippen LogP contribution >= 0.6 is 0 Å². The van der Waals surface area contributed by atoms with Crippen LogP contribution in [-0.4, -0.2) is 41.5 Å². The van der Waals surface area contributed by atoms with E-state index in [2.05, 4.69) is 0 Å². The van der Waals surface area contributed by atoms with Crippen molar-refractivity contribution in [1.82, 2.24) is 4.90 Å². The summed E-state index contributed by atoms with van der Waals surface area (Å²) in [5.41, 5.74) is 5.28. The lowest BCUT2D eigenvalue weighted by Gasteiger charge is -2.33. The van der Waals surface area contributed by atoms with Gasteiger partial charge in [-0.1, -0.05) is 6.07 Å². The molecule has 0 aliphatic carbocycles. The summed E-state index contributed by atoms with van der Waals surface area (Å²) in [6.45, 7) is 3.13. The summed E-state index contributed by atoms with van der Waals surface area (Å²) >= 11 is 0. The van der Waals surface area contributed by atoms with Gasteiger partial charge in [-0.05, 0) is 19.1 Å². The second-order valence-corrected chi connectivity index (χ2v) is 4.42. The Bertz CT molecular complexity index is 518. The highest BCUT2D eigenvalue weighted by atomic mass is 16.6. The lowest BCUT2D eigenvalue weighted by atomic mass is 10.1. The molecule has 1 atom stereocenters. The molecule has 1 saturated heterocycles. The van der Waals surface area contributed by atoms with Crippen LogP contribution < -0.4 is 5.73 Å². The molecule has 102 valence electrons. The number of nitrogens with zero attached hydrogens (tertiary/aromatic N) is 2. The summed E-state index contributed by atoms with van der Waals surface area (Å²) in [5.74, 6) is -0.380. The first kappa shape index (κ1) is 13.3. The van der Waals surface area contributed by atoms with Crippen molar-refractivity contribution in [3.8, 4) is 0 Å². The number of carbonyl (C=O) groups excluding carboxylic acids is 1. The Morgan fingerprint density at radius 2 is 2.32 bits per heavy atom. The Morgan fingerprint density at radius 1 is 1.58 bits per heavy atom. The SMILES string of the molecule is CC1COCCN1C(=O)c1cccc(N)c1[N+](=O)[O-]. The minimum Gasteiger partial charge on any atom is -0.393 e. The number of amides is 1. The Labute approximate surface area is 110 Å². The first-order chi connectivity index (χ1) is 9.02. The van der Waals surface area contributed by atoms with Gasteiger partial charge in [-0.25, -0.2) is 0 Å². The van der Waals surface area contributed by atoms with Gasteiger partial charge < -0.3 is 15.4 Å². The molecule has 0 saturated carbocycles. The van der Waals surface area contributed by atoms with Crippen molar-refractivity contribution in [2.45, 2.75) is 13.0 Å². The minimum atomic E-state index is -0.617. The maximum absolute atomic E-state index is 12.4. The van der Waals surface area contributed by atoms with E-state index in [1.165, 1.54) is 12.1 Å². The van der Waals surface area contributed by atoms with E-state index in [-0.39, 0.29) is 28.9 Å². The molecule has 2 N–H and O–H groups in total. The molecule has 0 aromatic heterocycles. The highest BCUT2D eigenvalue weighted by Gasteiger charge is 2.30. The standard InChI is InChI=1S/C12H15N3O4/c1-8-7-19-6-5-14(8)12(16)9-3-2-4-10(13)11(9)15(17)18/h2-4,8H,5-7,13H2,1H3. The van der Waals surface area contributed by atoms with Crippen molar-refractivity contribution in [3.05, 3.63) is 33.9 Å². The van der Waals surface area contributed by atoms with Crippen molar-refractivity contribution in [1.29, 1.82) is 0 Å². The number of benzene rings is 1. The van der Waals surface area contributed by atoms with Crippen molar-refractivity contribution >= 4 is 17.3 Å². The van der Waals surface area contributed by atoms with Gasteiger partial charge in [0.05, 0.1) is 24.2 Å². The maximum atomic E-state index is 12.4. The number of hydrogen-bond donors (Lipinski definition) is 1. The van der Waals surface area contributed by atoms with Crippen LogP contribution in [0.5, 0.6) is 0 Å². The summed E-state index contributed by atoms with van der Waals surface area (Å²) in [4.78, 5) is 24.4. The molecule has 2 rings (SSSR count). The molecule has 1 aliphatic rings. The number of para-hydroxylation sites is 1. The quantitative estimate of drug-likeness (QED) is 0.489. The van der Waals surface area contributed by atoms with Crippen LogP contribution in [0, 0.1) is 10.1 Å². The molecule has 7 heteroatoms. The second kappa shape index (κ2) is 5.23. The van der Waals surface area contributed by atoms with Crippen LogP contribution in [-0.2, 0) is 4.74 Å². The van der Waals surface area contributed by atoms with Crippen LogP contribution in [0.15, 0.2) is 18.2 Å². The summed E-state index contributed by atoms with van der Waals surface area (Å²) < 4.78 is 5.25. The Morgan fingerprint density at radius 3 is 2.95 bits per heavy atom. The van der Waals surface area contributed by atoms with Gasteiger partial charge in [0.15, 0.2) is 0 Å². The number of anilines is 1. The third-order valence-corrected chi connectivity index (χ3v) is 3.11. The molecule has 1 fully saturated rings. The number of nitro groups is 1. The lowest BCUT2D eigenvalue weighted by Crippen LogP contribution is -2.47. The number of nitrogen functional groups attached to an aromatic ring is 1. The molecule has 1 aliphatic heterocycles. The lowest BCUT2D eigenvalue weighted by molar-refractivity contribution is -0.384. The third-order valence-electron chi connectivity index (χ3n) is 3.11. The summed E-state index contributed by atoms with van der Waals surface area (Å²) in [7, 11) is 0. The monoisotopic (exact) mass is 265 g/mol. The van der Waals surface area contributed by atoms with Crippen LogP contribution in [0.25, 0.3) is 0 Å². The zero-order valence-corrected chi connectivity index (χ0v) is 10.5. The fraction of sp³-hybridized carbons (Fsp3) is 0.417. The molecule has 0 radical (unpaired) electrons. The van der Waals surface area contributed by atoms with Gasteiger partial charge in [-0.3, -0.25) is 14.9 Å². The van der Waals surface area contributed by atoms with E-state index < -0.39 is 4.92 Å². The maximum Gasteiger partial charge on any atom is 0.304 e. The van der Waals surface area contributed by atoms with Gasteiger partial charge in [0, 0.05) is 6.54 Å². The number of nitrogens with two attached hydrogens (primary N) is 1. The highest BCUT2D eigenvalue weighted by Crippen LogP contribution is 2.27. The van der Waals surface area contributed by atoms with Crippen LogP contribution in [0.4, 0.5) is 11.4 Å². The molecule has 0 bridgehead atoms. The fourth-order valence-electron chi connectivity index (χ4n) is 2.12. The number of ether oxygens (including phenoxy) is 1. The van der Waals surface area contributed by atoms with Crippen molar-refractivity contribution < 1.29 is 14.5 Å². The minimum absolute atomic E-state index is 0.00300. The zero-order valence-electron chi connectivity index (χ0n) is 10.5. The topological polar surface area (TPSA) is 98.7 Å². The van der Waals surface area contributed by atoms with E-state index in [0.717, 1.165) is 0 Å². The van der Waals surface area contributed by atoms with Crippen molar-refractivity contribution in [3.63, 3.8) is 0 Å². The van der Waals surface area contributed by atoms with Crippen molar-refractivity contribution in [2.75, 3.05) is 25.5 Å². The number of nitro benzene ring substituents is 1. The summed E-state index contributed by atoms with van der Waals surface area (Å²) in [6, 6.07) is 4.28. The molecule has 1 unspecified atom stereocenters. The summed E-state index contributed by atoms with van der Waals surface area (Å²) in [6.07, 6.45) is 0. The largest absolute Gasteiger partial charge is 0.393 e. The average Bonchev–Trinajstić information content (AvgIpc) is 2.37. The third kappa shape index (κ3) is 2.50. The molecule has 7 nitrogen and oxygen atoms in total. The molecule has 19 heavy (non-hydrogen) atoms. The van der Waals surface area contributed by atoms with Crippen LogP contribution in [0.2, 0.25) is 0 Å². The van der Waals surface area contributed by atoms with E-state index >= 15 is 0 Å². The van der Waals surface area contributed by atoms with Crippen LogP contribution in [0.3, 0.4) is 0 Å². The molecular weight excluding hydrogens is 250 g/mol. The number of hydrogen-bond acceptors (Lipinski definition) is 5. The summed E-state index contributed by atoms with van der Waals surface area (Å²) in [5, 5.41) is 11.0. The molecule has 1 heterocycles. The number of rotatable bonds is 2. The fourth-order valence-corrected chi connectivity index (χ4v) is 2.12. The van der Waals surface area contributed by atoms with Crippen molar-refractivity contribution in [2.24, 2.45) is 0 Å². The molecule has 0 spiro atoms. The van der Waals surface area contributed by atoms with Gasteiger partial charge in [0.25, 0.3) is 5.91 Å². The predicted octanol–water partition coefficient (Wildman–Crippen LogP) is 1.04. The average molecular weight is 265 g/mol. The van der Waals surface area contributed by atoms with E-state index in [1.807, 2.05) is 6.92 Å². The highest BCUT2D eigenvalue weighted by molar-refractivity contribution is 6.00. The predicted molar refractivity (Wildman–Crippen MR) is 68.8 cm³/mol. The molecular formula is C12H15N3O4. The molecule has 1 amide bonds. The van der Waals surface area contributed by atoms with E-state index in [4.69, 9.17) is 10.5 Å². The van der Waals surface area contributed by atoms with Gasteiger partial charge in [0.1, 0.15) is 11.3 Å². The second-order valence-electron chi connectivity index (χ2n) is 4.42. The van der Waals surface area contributed by atoms with Crippen LogP contribution in [0.1, 0.15) is 17.3 Å². The van der Waals surface area contributed by atoms with E-state index in [1.54, 1.807) is 11.0 Å². The number of carbonyl (C=O) groups is 1. The van der Waals surface area contributed by atoms with Gasteiger partial charge in [-0.15, -0.1) is 0 Å². The zero-order chi connectivity index (χ0) is 14.0. The Hall–Kier alpha value is -2.15.